The van der Waals surface area contributed by atoms with Gasteiger partial charge in [-0.15, -0.1) is 0 Å². The quantitative estimate of drug-likeness (QED) is 0.541. The zero-order valence-corrected chi connectivity index (χ0v) is 19.6. The van der Waals surface area contributed by atoms with Crippen LogP contribution in [-0.2, 0) is 4.79 Å². The Balaban J connectivity index is 2.02. The van der Waals surface area contributed by atoms with E-state index in [0.717, 1.165) is 6.42 Å². The Labute approximate surface area is 190 Å². The molecular formula is C25H34FN3O3. The molecule has 0 radical (unpaired) electrons. The number of methoxy groups -OCH3 is 1. The fourth-order valence-electron chi connectivity index (χ4n) is 3.67. The van der Waals surface area contributed by atoms with Gasteiger partial charge in [-0.1, -0.05) is 33.8 Å². The highest BCUT2D eigenvalue weighted by atomic mass is 19.1. The van der Waals surface area contributed by atoms with E-state index in [0.29, 0.717) is 23.5 Å². The summed E-state index contributed by atoms with van der Waals surface area (Å²) in [6, 6.07) is 12.3. The third-order valence-corrected chi connectivity index (χ3v) is 4.86. The van der Waals surface area contributed by atoms with E-state index in [-0.39, 0.29) is 42.2 Å². The van der Waals surface area contributed by atoms with Crippen LogP contribution in [0.5, 0.6) is 5.75 Å². The number of benzene rings is 2. The van der Waals surface area contributed by atoms with Crippen LogP contribution in [0.25, 0.3) is 0 Å². The molecule has 3 amide bonds. The topological polar surface area (TPSA) is 70.7 Å². The first kappa shape index (κ1) is 25.2. The van der Waals surface area contributed by atoms with Crippen LogP contribution < -0.4 is 20.3 Å². The Kier molecular flexibility index (Phi) is 9.05. The second-order valence-electron chi connectivity index (χ2n) is 9.21. The van der Waals surface area contributed by atoms with Crippen molar-refractivity contribution in [2.75, 3.05) is 30.4 Å². The number of hydrogen-bond donors (Lipinski definition) is 2. The Bertz CT molecular complexity index is 894. The minimum Gasteiger partial charge on any atom is -0.497 e. The molecule has 1 unspecified atom stereocenters. The van der Waals surface area contributed by atoms with E-state index in [4.69, 9.17) is 4.74 Å². The van der Waals surface area contributed by atoms with E-state index < -0.39 is 0 Å². The van der Waals surface area contributed by atoms with Crippen LogP contribution in [0.1, 0.15) is 40.5 Å². The predicted octanol–water partition coefficient (Wildman–Crippen LogP) is 5.45. The highest BCUT2D eigenvalue weighted by Crippen LogP contribution is 2.26. The number of anilines is 2. The van der Waals surface area contributed by atoms with Crippen molar-refractivity contribution in [2.24, 2.45) is 11.3 Å². The number of nitrogens with zero attached hydrogens (tertiary/aromatic N) is 1. The molecule has 0 aliphatic carbocycles. The van der Waals surface area contributed by atoms with E-state index in [9.17, 15) is 14.0 Å². The Morgan fingerprint density at radius 2 is 1.81 bits per heavy atom. The van der Waals surface area contributed by atoms with Crippen molar-refractivity contribution in [2.45, 2.75) is 40.5 Å². The lowest BCUT2D eigenvalue weighted by Crippen LogP contribution is -2.41. The van der Waals surface area contributed by atoms with Crippen molar-refractivity contribution in [3.05, 3.63) is 54.3 Å². The zero-order chi connectivity index (χ0) is 23.7. The molecule has 2 aromatic rings. The second kappa shape index (κ2) is 11.5. The van der Waals surface area contributed by atoms with Gasteiger partial charge in [-0.25, -0.2) is 9.18 Å². The number of nitrogens with one attached hydrogen (secondary N) is 2. The van der Waals surface area contributed by atoms with Gasteiger partial charge in [-0.3, -0.25) is 9.69 Å². The fraction of sp³-hybridized carbons (Fsp3) is 0.440. The van der Waals surface area contributed by atoms with E-state index in [1.54, 1.807) is 31.4 Å². The van der Waals surface area contributed by atoms with Crippen molar-refractivity contribution < 1.29 is 18.7 Å². The zero-order valence-electron chi connectivity index (χ0n) is 19.6. The summed E-state index contributed by atoms with van der Waals surface area (Å²) in [4.78, 5) is 26.8. The van der Waals surface area contributed by atoms with Gasteiger partial charge in [0.2, 0.25) is 5.91 Å². The van der Waals surface area contributed by atoms with E-state index in [1.165, 1.54) is 29.2 Å². The maximum atomic E-state index is 13.4. The normalized spacial score (nSPS) is 12.1. The molecule has 0 aromatic heterocycles. The molecule has 32 heavy (non-hydrogen) atoms. The summed E-state index contributed by atoms with van der Waals surface area (Å²) in [6.45, 7) is 9.05. The molecule has 0 fully saturated rings. The average molecular weight is 444 g/mol. The molecule has 0 heterocycles. The predicted molar refractivity (Wildman–Crippen MR) is 127 cm³/mol. The van der Waals surface area contributed by atoms with Crippen molar-refractivity contribution in [3.8, 4) is 5.75 Å². The Morgan fingerprint density at radius 1 is 1.12 bits per heavy atom. The first-order chi connectivity index (χ1) is 15.1. The molecule has 1 atom stereocenters. The van der Waals surface area contributed by atoms with Crippen LogP contribution >= 0.6 is 0 Å². The lowest BCUT2D eigenvalue weighted by atomic mass is 9.84. The summed E-state index contributed by atoms with van der Waals surface area (Å²) in [5.74, 6) is 0.449. The number of carbonyl (C=O) groups excluding carboxylic acids is 2. The number of amides is 3. The molecular weight excluding hydrogens is 409 g/mol. The lowest BCUT2D eigenvalue weighted by molar-refractivity contribution is -0.122. The molecule has 0 spiro atoms. The molecule has 0 saturated heterocycles. The van der Waals surface area contributed by atoms with Gasteiger partial charge in [0.05, 0.1) is 7.11 Å². The maximum absolute atomic E-state index is 13.4. The monoisotopic (exact) mass is 443 g/mol. The van der Waals surface area contributed by atoms with Crippen LogP contribution in [0.4, 0.5) is 20.6 Å². The lowest BCUT2D eigenvalue weighted by Gasteiger charge is -2.24. The van der Waals surface area contributed by atoms with Crippen LogP contribution in [0.2, 0.25) is 0 Å². The van der Waals surface area contributed by atoms with Gasteiger partial charge in [-0.05, 0) is 54.2 Å². The van der Waals surface area contributed by atoms with Crippen LogP contribution in [0, 0.1) is 17.2 Å². The third-order valence-electron chi connectivity index (χ3n) is 4.86. The molecule has 0 bridgehead atoms. The molecule has 0 aliphatic heterocycles. The summed E-state index contributed by atoms with van der Waals surface area (Å²) in [5, 5.41) is 5.72. The molecule has 0 aliphatic rings. The summed E-state index contributed by atoms with van der Waals surface area (Å²) in [5.41, 5.74) is 1.26. The van der Waals surface area contributed by atoms with Crippen molar-refractivity contribution in [1.29, 1.82) is 0 Å². The summed E-state index contributed by atoms with van der Waals surface area (Å²) in [6.07, 6.45) is 1.38. The highest BCUT2D eigenvalue weighted by molar-refractivity contribution is 6.01. The smallest absolute Gasteiger partial charge is 0.326 e. The minimum atomic E-state index is -0.389. The van der Waals surface area contributed by atoms with Gasteiger partial charge in [0.15, 0.2) is 0 Å². The standard InChI is InChI=1S/C25H34FN3O3/c1-18(17-25(2,3)4)15-23(30)27-13-14-29(21-11-9-19(26)10-12-21)24(31)28-20-7-6-8-22(16-20)32-5/h6-12,16,18H,13-15,17H2,1-5H3,(H,27,30)(H,28,31). The van der Waals surface area contributed by atoms with Crippen LogP contribution in [0.15, 0.2) is 48.5 Å². The molecule has 2 rings (SSSR count). The molecule has 174 valence electrons. The van der Waals surface area contributed by atoms with Gasteiger partial charge in [0.1, 0.15) is 11.6 Å². The Hall–Kier alpha value is -3.09. The van der Waals surface area contributed by atoms with Gasteiger partial charge in [0.25, 0.3) is 0 Å². The van der Waals surface area contributed by atoms with Crippen molar-refractivity contribution in [1.82, 2.24) is 5.32 Å². The van der Waals surface area contributed by atoms with Crippen molar-refractivity contribution >= 4 is 23.3 Å². The molecule has 2 aromatic carbocycles. The number of halogens is 1. The number of rotatable bonds is 9. The number of hydrogen-bond acceptors (Lipinski definition) is 3. The van der Waals surface area contributed by atoms with Crippen molar-refractivity contribution in [3.63, 3.8) is 0 Å². The number of urea groups is 1. The number of carbonyl (C=O) groups is 2. The van der Waals surface area contributed by atoms with Gasteiger partial charge < -0.3 is 15.4 Å². The first-order valence-corrected chi connectivity index (χ1v) is 10.8. The third kappa shape index (κ3) is 8.57. The molecule has 7 heteroatoms. The molecule has 6 nitrogen and oxygen atoms in total. The average Bonchev–Trinajstić information content (AvgIpc) is 2.70. The van der Waals surface area contributed by atoms with Gasteiger partial charge in [0, 0.05) is 37.0 Å². The SMILES string of the molecule is COc1cccc(NC(=O)N(CCNC(=O)CC(C)CC(C)(C)C)c2ccc(F)cc2)c1. The summed E-state index contributed by atoms with van der Waals surface area (Å²) in [7, 11) is 1.55. The van der Waals surface area contributed by atoms with Crippen LogP contribution in [0.3, 0.4) is 0 Å². The summed E-state index contributed by atoms with van der Waals surface area (Å²) < 4.78 is 18.6. The fourth-order valence-corrected chi connectivity index (χ4v) is 3.67. The van der Waals surface area contributed by atoms with E-state index in [2.05, 4.69) is 38.3 Å². The van der Waals surface area contributed by atoms with Gasteiger partial charge >= 0.3 is 6.03 Å². The first-order valence-electron chi connectivity index (χ1n) is 10.8. The summed E-state index contributed by atoms with van der Waals surface area (Å²) >= 11 is 0. The van der Waals surface area contributed by atoms with E-state index in [1.807, 2.05) is 0 Å². The Morgan fingerprint density at radius 3 is 2.44 bits per heavy atom. The second-order valence-corrected chi connectivity index (χ2v) is 9.21. The molecule has 2 N–H and O–H groups in total. The maximum Gasteiger partial charge on any atom is 0.326 e. The molecule has 0 saturated carbocycles. The minimum absolute atomic E-state index is 0.0472. The van der Waals surface area contributed by atoms with Crippen LogP contribution in [-0.4, -0.2) is 32.1 Å². The largest absolute Gasteiger partial charge is 0.497 e. The highest BCUT2D eigenvalue weighted by Gasteiger charge is 2.19. The van der Waals surface area contributed by atoms with E-state index >= 15 is 0 Å². The number of ether oxygens (including phenoxy) is 1. The van der Waals surface area contributed by atoms with Gasteiger partial charge in [-0.2, -0.15) is 0 Å².